The topological polar surface area (TPSA) is 614 Å². The number of fused-ring (bicyclic) bond motifs is 15. The highest BCUT2D eigenvalue weighted by atomic mass is 35.5. The number of benzene rings is 6. The average molecular weight is 1850 g/mol. The van der Waals surface area contributed by atoms with Crippen molar-refractivity contribution in [1.29, 1.82) is 0 Å². The molecular formula is C84H93Cl4N11O28. The molecule has 8 aliphatic heterocycles. The van der Waals surface area contributed by atoms with E-state index in [0.717, 1.165) is 66.7 Å². The fourth-order valence-electron chi connectivity index (χ4n) is 15.7. The third kappa shape index (κ3) is 20.7. The lowest BCUT2D eigenvalue weighted by Crippen LogP contribution is -2.65. The molecule has 9 heterocycles. The zero-order chi connectivity index (χ0) is 91.8. The van der Waals surface area contributed by atoms with Crippen LogP contribution in [0.2, 0.25) is 20.1 Å². The highest BCUT2D eigenvalue weighted by Crippen LogP contribution is 2.51. The van der Waals surface area contributed by atoms with Crippen molar-refractivity contribution >= 4 is 93.7 Å². The molecule has 24 N–H and O–H groups in total. The number of nitrogens with two attached hydrogens (primary N) is 2. The van der Waals surface area contributed by atoms with Gasteiger partial charge in [-0.05, 0) is 134 Å². The van der Waals surface area contributed by atoms with E-state index in [4.69, 9.17) is 95.8 Å². The number of hydrogen-bond donors (Lipinski definition) is 22. The van der Waals surface area contributed by atoms with Crippen LogP contribution in [0.5, 0.6) is 46.0 Å². The number of carboxylic acid groups (broad SMARTS) is 1. The van der Waals surface area contributed by atoms with Crippen molar-refractivity contribution in [3.05, 3.63) is 169 Å². The molecule has 3 saturated heterocycles. The number of primary amides is 1. The minimum absolute atomic E-state index is 0.120. The molecule has 3 fully saturated rings. The molecular weight excluding hydrogens is 1750 g/mol. The van der Waals surface area contributed by atoms with Gasteiger partial charge in [0, 0.05) is 59.6 Å². The van der Waals surface area contributed by atoms with Crippen molar-refractivity contribution in [2.75, 3.05) is 20.2 Å². The first-order valence-corrected chi connectivity index (χ1v) is 41.4. The van der Waals surface area contributed by atoms with E-state index in [1.807, 2.05) is 0 Å². The SMILES string of the molecule is CN[C@H](CC(C)C)C(=O)NC1C(=O)NC(CC(N)=O)C(=O)N[C@H]2C(=O)NC3C(=O)N[C@H](C(=O)NC(C(=O)O)c4cc(O)cc(O)c4-c4cc3ccc4O)[C@H](O[C@H]3C[C@](C)(N)[C@@H](O)[C@H](C)O3)c3ccc(c(Cl)c3)Oc3cc2cc(c3O[C@@H]2O[C@H](CO)[C@@H](O[C@@H]3O[C@H](CNCc4ccc(-c5ccc(Cl)c(Cl)c5)nc4)[C@H](O)[C@H](O)[C@H]3O)[C@H](O)[C@H]2O)Oc2ccc(cc2Cl)[C@H]1O. The first kappa shape index (κ1) is 94.2. The molecule has 39 nitrogen and oxygen atoms in total. The molecule has 680 valence electrons. The number of rotatable bonds is 20. The van der Waals surface area contributed by atoms with E-state index in [9.17, 15) is 75.7 Å². The summed E-state index contributed by atoms with van der Waals surface area (Å²) in [7, 11) is 1.46. The van der Waals surface area contributed by atoms with Gasteiger partial charge in [0.25, 0.3) is 0 Å². The molecule has 11 bridgehead atoms. The van der Waals surface area contributed by atoms with Crippen LogP contribution in [0.3, 0.4) is 0 Å². The summed E-state index contributed by atoms with van der Waals surface area (Å²) in [5.74, 6) is -16.7. The summed E-state index contributed by atoms with van der Waals surface area (Å²) < 4.78 is 51.2. The van der Waals surface area contributed by atoms with E-state index in [1.165, 1.54) is 33.0 Å². The van der Waals surface area contributed by atoms with E-state index in [1.54, 1.807) is 50.4 Å². The van der Waals surface area contributed by atoms with E-state index in [0.29, 0.717) is 26.9 Å². The number of carbonyl (C=O) groups is 8. The van der Waals surface area contributed by atoms with Crippen molar-refractivity contribution in [1.82, 2.24) is 47.5 Å². The lowest BCUT2D eigenvalue weighted by Gasteiger charge is -2.46. The number of aromatic hydroxyl groups is 3. The monoisotopic (exact) mass is 1840 g/mol. The summed E-state index contributed by atoms with van der Waals surface area (Å²) in [6.45, 7) is 5.30. The number of ether oxygens (including phenoxy) is 8. The van der Waals surface area contributed by atoms with Crippen molar-refractivity contribution in [2.45, 2.75) is 193 Å². The molecule has 1 aromatic heterocycles. The molecule has 8 aliphatic rings. The first-order chi connectivity index (χ1) is 60.2. The normalized spacial score (nSPS) is 29.5. The first-order valence-electron chi connectivity index (χ1n) is 39.9. The number of pyridine rings is 1. The van der Waals surface area contributed by atoms with Gasteiger partial charge in [0.05, 0.1) is 57.1 Å². The number of aliphatic hydroxyl groups is 8. The van der Waals surface area contributed by atoms with Gasteiger partial charge in [-0.2, -0.15) is 0 Å². The van der Waals surface area contributed by atoms with E-state index in [2.05, 4.69) is 47.5 Å². The smallest absolute Gasteiger partial charge is 0.330 e. The molecule has 15 rings (SSSR count). The molecule has 7 amide bonds. The minimum atomic E-state index is -2.43. The molecule has 127 heavy (non-hydrogen) atoms. The number of phenols is 3. The average Bonchev–Trinajstić information content (AvgIpc) is 0.760. The molecule has 4 unspecified atom stereocenters. The maximum absolute atomic E-state index is 16.4. The van der Waals surface area contributed by atoms with Gasteiger partial charge < -0.3 is 153 Å². The number of nitrogens with zero attached hydrogens (tertiary/aromatic N) is 1. The van der Waals surface area contributed by atoms with Crippen LogP contribution in [0.25, 0.3) is 22.4 Å². The zero-order valence-corrected chi connectivity index (χ0v) is 71.0. The quantitative estimate of drug-likeness (QED) is 0.0519. The Labute approximate surface area is 743 Å². The maximum Gasteiger partial charge on any atom is 0.330 e. The van der Waals surface area contributed by atoms with Crippen LogP contribution in [0.1, 0.15) is 111 Å². The molecule has 43 heteroatoms. The predicted molar refractivity (Wildman–Crippen MR) is 446 cm³/mol. The third-order valence-electron chi connectivity index (χ3n) is 22.4. The Balaban J connectivity index is 0.957. The van der Waals surface area contributed by atoms with Crippen LogP contribution < -0.4 is 68.2 Å². The number of nitrogens with one attached hydrogen (secondary N) is 8. The highest BCUT2D eigenvalue weighted by molar-refractivity contribution is 6.42. The molecule has 6 aromatic carbocycles. The number of aliphatic carboxylic acids is 1. The fraction of sp³-hybridized carbons (Fsp3) is 0.417. The van der Waals surface area contributed by atoms with Crippen molar-refractivity contribution in [3.63, 3.8) is 0 Å². The Hall–Kier alpha value is -10.5. The second-order valence-electron chi connectivity index (χ2n) is 32.2. The number of hydrogen-bond acceptors (Lipinski definition) is 31. The van der Waals surface area contributed by atoms with Gasteiger partial charge in [0.2, 0.25) is 53.4 Å². The predicted octanol–water partition coefficient (Wildman–Crippen LogP) is 2.10. The van der Waals surface area contributed by atoms with Crippen molar-refractivity contribution in [3.8, 4) is 68.4 Å². The molecule has 7 aromatic rings. The third-order valence-corrected chi connectivity index (χ3v) is 23.7. The summed E-state index contributed by atoms with van der Waals surface area (Å²) in [6, 6.07) is 7.40. The van der Waals surface area contributed by atoms with Crippen LogP contribution in [0.15, 0.2) is 115 Å². The van der Waals surface area contributed by atoms with Gasteiger partial charge in [-0.25, -0.2) is 4.79 Å². The largest absolute Gasteiger partial charge is 0.508 e. The zero-order valence-electron chi connectivity index (χ0n) is 68.0. The van der Waals surface area contributed by atoms with Crippen LogP contribution in [-0.4, -0.2) is 243 Å². The minimum Gasteiger partial charge on any atom is -0.508 e. The fourth-order valence-corrected chi connectivity index (χ4v) is 16.5. The number of aromatic nitrogens is 1. The molecule has 23 atom stereocenters. The summed E-state index contributed by atoms with van der Waals surface area (Å²) >= 11 is 26.9. The van der Waals surface area contributed by atoms with Gasteiger partial charge in [-0.15, -0.1) is 0 Å². The molecule has 0 aliphatic carbocycles. The number of phenolic OH excluding ortho intramolecular Hbond substituents is 3. The highest BCUT2D eigenvalue weighted by Gasteiger charge is 2.53. The van der Waals surface area contributed by atoms with E-state index >= 15 is 24.0 Å². The standard InChI is InChI=1S/C84H93Cl4N11O28/c1-31(2)16-47(91-5)75(112)98-63-65(105)36-9-14-51(44(87)19-36)121-53-21-38-22-54(72(53)126-83-70(110)68(108)73(56(30-100)124-83)127-82-69(109)67(107)66(106)55(123-82)29-92-27-33-6-12-46(93-28-33)34-7-11-42(85)43(86)18-34)122-52-15-10-37(20-45(52)88)71(125-58-26-84(4,90)74(111)32(3)120-58)64-80(117)97-62(81(118)119)41-23-39(101)24-50(103)59(41)40-17-35(8-13-49(40)102)60(77(114)99-64)96-78(115)61(38)95-76(113)48(25-57(89)104)94-79(63)116/h6-15,17-24,28,31-32,47-48,55-56,58,60-71,73-74,82-83,91-92,100-103,105-111H,16,25-27,29-30,90H2,1-5H3,(H2,89,104)(H,94,116)(H,95,113)(H,96,115)(H,97,117)(H,98,112)(H,99,114)(H,118,119)/t32-,47+,48?,55+,56+,58-,60?,61+,62?,63?,64-,65+,66-,67-,68+,69+,70+,71+,73+,74-,82-,83-,84-/m0/s1. The van der Waals surface area contributed by atoms with E-state index < -0.39 is 284 Å². The van der Waals surface area contributed by atoms with Crippen LogP contribution in [0.4, 0.5) is 0 Å². The van der Waals surface area contributed by atoms with Crippen LogP contribution in [-0.2, 0) is 68.6 Å². The Morgan fingerprint density at radius 3 is 1.92 bits per heavy atom. The number of likely N-dealkylation sites (N-methyl/N-ethyl adjacent to an activating group) is 1. The number of carbonyl (C=O) groups excluding carboxylic acids is 7. The van der Waals surface area contributed by atoms with Gasteiger partial charge in [0.15, 0.2) is 30.1 Å². The van der Waals surface area contributed by atoms with Crippen molar-refractivity contribution < 1.29 is 138 Å². The summed E-state index contributed by atoms with van der Waals surface area (Å²) in [6.07, 6.45) is -27.8. The molecule has 0 saturated carbocycles. The Morgan fingerprint density at radius 1 is 0.646 bits per heavy atom. The summed E-state index contributed by atoms with van der Waals surface area (Å²) in [5.41, 5.74) is 9.87. The van der Waals surface area contributed by atoms with Crippen LogP contribution >= 0.6 is 46.4 Å². The van der Waals surface area contributed by atoms with E-state index in [-0.39, 0.29) is 43.0 Å². The van der Waals surface area contributed by atoms with Gasteiger partial charge in [-0.3, -0.25) is 38.5 Å². The molecule has 0 radical (unpaired) electrons. The number of aliphatic hydroxyl groups excluding tert-OH is 8. The number of halogens is 4. The second-order valence-corrected chi connectivity index (χ2v) is 33.8. The van der Waals surface area contributed by atoms with Gasteiger partial charge >= 0.3 is 5.97 Å². The van der Waals surface area contributed by atoms with Gasteiger partial charge in [0.1, 0.15) is 120 Å². The Bertz CT molecular complexity index is 5340. The second kappa shape index (κ2) is 39.2. The van der Waals surface area contributed by atoms with Crippen LogP contribution in [0, 0.1) is 5.92 Å². The maximum atomic E-state index is 16.4. The Morgan fingerprint density at radius 2 is 1.29 bits per heavy atom. The van der Waals surface area contributed by atoms with Gasteiger partial charge in [-0.1, -0.05) is 90.6 Å². The molecule has 0 spiro atoms. The summed E-state index contributed by atoms with van der Waals surface area (Å²) in [5, 5.41) is 160. The number of amides is 7. The lowest BCUT2D eigenvalue weighted by molar-refractivity contribution is -0.350. The Kier molecular flexibility index (Phi) is 29.1. The van der Waals surface area contributed by atoms with Crippen molar-refractivity contribution in [2.24, 2.45) is 17.4 Å². The number of carboxylic acids is 1. The summed E-state index contributed by atoms with van der Waals surface area (Å²) in [4.78, 5) is 125. The lowest BCUT2D eigenvalue weighted by atomic mass is 9.86.